The first-order valence-electron chi connectivity index (χ1n) is 7.65. The lowest BCUT2D eigenvalue weighted by Gasteiger charge is -2.27. The molecule has 1 fully saturated rings. The highest BCUT2D eigenvalue weighted by Crippen LogP contribution is 2.28. The molecule has 1 aromatic rings. The van der Waals surface area contributed by atoms with Gasteiger partial charge in [0.25, 0.3) is 0 Å². The predicted octanol–water partition coefficient (Wildman–Crippen LogP) is 2.24. The van der Waals surface area contributed by atoms with Crippen LogP contribution in [0.1, 0.15) is 39.4 Å². The Morgan fingerprint density at radius 3 is 3.00 bits per heavy atom. The van der Waals surface area contributed by atoms with E-state index in [0.29, 0.717) is 18.1 Å². The highest BCUT2D eigenvalue weighted by molar-refractivity contribution is 4.98. The molecule has 0 spiro atoms. The molecule has 0 bridgehead atoms. The van der Waals surface area contributed by atoms with Crippen LogP contribution in [0.25, 0.3) is 0 Å². The Bertz CT molecular complexity index is 377. The fourth-order valence-electron chi connectivity index (χ4n) is 3.20. The molecule has 2 heterocycles. The van der Waals surface area contributed by atoms with Gasteiger partial charge < -0.3 is 14.6 Å². The molecule has 0 saturated carbocycles. The molecule has 108 valence electrons. The summed E-state index contributed by atoms with van der Waals surface area (Å²) >= 11 is 0. The molecule has 4 nitrogen and oxygen atoms in total. The lowest BCUT2D eigenvalue weighted by molar-refractivity contribution is 0.0773. The summed E-state index contributed by atoms with van der Waals surface area (Å²) in [6.45, 7) is 9.47. The topological polar surface area (TPSA) is 39.1 Å². The molecular weight excluding hydrogens is 238 g/mol. The number of aryl methyl sites for hydroxylation is 1. The number of nitrogens with one attached hydrogen (secondary N) is 1. The SMILES string of the molecule is CCNC(Cc1nccn1CC)C1CCOC1CC. The number of hydrogen-bond acceptors (Lipinski definition) is 3. The third kappa shape index (κ3) is 3.37. The van der Waals surface area contributed by atoms with Gasteiger partial charge in [-0.05, 0) is 26.3 Å². The first-order chi connectivity index (χ1) is 9.30. The summed E-state index contributed by atoms with van der Waals surface area (Å²) in [4.78, 5) is 4.51. The molecule has 0 aromatic carbocycles. The second-order valence-electron chi connectivity index (χ2n) is 5.27. The lowest BCUT2D eigenvalue weighted by atomic mass is 9.89. The van der Waals surface area contributed by atoms with E-state index in [1.807, 2.05) is 6.20 Å². The number of hydrogen-bond donors (Lipinski definition) is 1. The van der Waals surface area contributed by atoms with Gasteiger partial charge in [-0.15, -0.1) is 0 Å². The smallest absolute Gasteiger partial charge is 0.110 e. The number of nitrogens with zero attached hydrogens (tertiary/aromatic N) is 2. The molecule has 0 amide bonds. The average Bonchev–Trinajstić information content (AvgIpc) is 3.06. The zero-order valence-electron chi connectivity index (χ0n) is 12.4. The largest absolute Gasteiger partial charge is 0.378 e. The van der Waals surface area contributed by atoms with Crippen molar-refractivity contribution in [2.24, 2.45) is 5.92 Å². The third-order valence-corrected chi connectivity index (χ3v) is 4.19. The normalized spacial score (nSPS) is 24.8. The van der Waals surface area contributed by atoms with E-state index in [1.165, 1.54) is 12.2 Å². The fraction of sp³-hybridized carbons (Fsp3) is 0.800. The van der Waals surface area contributed by atoms with E-state index in [0.717, 1.165) is 32.5 Å². The van der Waals surface area contributed by atoms with Crippen molar-refractivity contribution in [3.05, 3.63) is 18.2 Å². The maximum Gasteiger partial charge on any atom is 0.110 e. The third-order valence-electron chi connectivity index (χ3n) is 4.19. The first-order valence-corrected chi connectivity index (χ1v) is 7.65. The number of ether oxygens (including phenoxy) is 1. The minimum absolute atomic E-state index is 0.411. The average molecular weight is 265 g/mol. The van der Waals surface area contributed by atoms with Gasteiger partial charge in [0.15, 0.2) is 0 Å². The van der Waals surface area contributed by atoms with Crippen molar-refractivity contribution in [1.82, 2.24) is 14.9 Å². The molecule has 3 atom stereocenters. The van der Waals surface area contributed by atoms with Crippen LogP contribution in [-0.4, -0.2) is 34.8 Å². The molecule has 1 aromatic heterocycles. The summed E-state index contributed by atoms with van der Waals surface area (Å²) in [5.41, 5.74) is 0. The zero-order chi connectivity index (χ0) is 13.7. The molecule has 1 aliphatic rings. The molecule has 1 aliphatic heterocycles. The number of rotatable bonds is 7. The van der Waals surface area contributed by atoms with Crippen molar-refractivity contribution in [2.45, 2.75) is 58.7 Å². The van der Waals surface area contributed by atoms with Crippen LogP contribution in [0.3, 0.4) is 0 Å². The second-order valence-corrected chi connectivity index (χ2v) is 5.27. The molecule has 1 N–H and O–H groups in total. The van der Waals surface area contributed by atoms with E-state index in [-0.39, 0.29) is 0 Å². The summed E-state index contributed by atoms with van der Waals surface area (Å²) in [5.74, 6) is 1.81. The monoisotopic (exact) mass is 265 g/mol. The molecule has 2 rings (SSSR count). The van der Waals surface area contributed by atoms with Gasteiger partial charge in [-0.3, -0.25) is 0 Å². The van der Waals surface area contributed by atoms with Crippen LogP contribution in [0, 0.1) is 5.92 Å². The summed E-state index contributed by atoms with van der Waals surface area (Å²) < 4.78 is 8.09. The number of aromatic nitrogens is 2. The minimum atomic E-state index is 0.411. The summed E-state index contributed by atoms with van der Waals surface area (Å²) in [6.07, 6.45) is 7.66. The molecule has 0 aliphatic carbocycles. The van der Waals surface area contributed by atoms with Crippen LogP contribution < -0.4 is 5.32 Å². The van der Waals surface area contributed by atoms with Crippen molar-refractivity contribution in [3.8, 4) is 0 Å². The molecule has 3 unspecified atom stereocenters. The van der Waals surface area contributed by atoms with E-state index < -0.39 is 0 Å². The van der Waals surface area contributed by atoms with Gasteiger partial charge in [0, 0.05) is 43.9 Å². The van der Waals surface area contributed by atoms with Crippen molar-refractivity contribution >= 4 is 0 Å². The Kier molecular flexibility index (Phi) is 5.40. The molecule has 19 heavy (non-hydrogen) atoms. The van der Waals surface area contributed by atoms with Gasteiger partial charge in [-0.1, -0.05) is 13.8 Å². The Morgan fingerprint density at radius 1 is 1.47 bits per heavy atom. The summed E-state index contributed by atoms with van der Waals surface area (Å²) in [6, 6.07) is 0.477. The van der Waals surface area contributed by atoms with E-state index in [9.17, 15) is 0 Å². The Hall–Kier alpha value is -0.870. The van der Waals surface area contributed by atoms with Crippen LogP contribution in [0.5, 0.6) is 0 Å². The summed E-state index contributed by atoms with van der Waals surface area (Å²) in [5, 5.41) is 3.65. The van der Waals surface area contributed by atoms with Crippen LogP contribution in [-0.2, 0) is 17.7 Å². The summed E-state index contributed by atoms with van der Waals surface area (Å²) in [7, 11) is 0. The quantitative estimate of drug-likeness (QED) is 0.822. The highest BCUT2D eigenvalue weighted by atomic mass is 16.5. The zero-order valence-corrected chi connectivity index (χ0v) is 12.4. The van der Waals surface area contributed by atoms with Gasteiger partial charge in [-0.2, -0.15) is 0 Å². The van der Waals surface area contributed by atoms with Gasteiger partial charge in [0.05, 0.1) is 6.10 Å². The van der Waals surface area contributed by atoms with Crippen molar-refractivity contribution in [3.63, 3.8) is 0 Å². The highest BCUT2D eigenvalue weighted by Gasteiger charge is 2.33. The van der Waals surface area contributed by atoms with Gasteiger partial charge in [0.1, 0.15) is 5.82 Å². The van der Waals surface area contributed by atoms with E-state index in [4.69, 9.17) is 4.74 Å². The van der Waals surface area contributed by atoms with Crippen molar-refractivity contribution in [2.75, 3.05) is 13.2 Å². The second kappa shape index (κ2) is 7.06. The van der Waals surface area contributed by atoms with Gasteiger partial charge in [0.2, 0.25) is 0 Å². The van der Waals surface area contributed by atoms with Crippen LogP contribution >= 0.6 is 0 Å². The van der Waals surface area contributed by atoms with Crippen LogP contribution in [0.15, 0.2) is 12.4 Å². The van der Waals surface area contributed by atoms with Crippen molar-refractivity contribution < 1.29 is 4.74 Å². The van der Waals surface area contributed by atoms with Crippen LogP contribution in [0.4, 0.5) is 0 Å². The molecule has 0 radical (unpaired) electrons. The first kappa shape index (κ1) is 14.5. The molecular formula is C15H27N3O. The maximum absolute atomic E-state index is 5.85. The number of likely N-dealkylation sites (N-methyl/N-ethyl adjacent to an activating group) is 1. The lowest BCUT2D eigenvalue weighted by Crippen LogP contribution is -2.42. The van der Waals surface area contributed by atoms with Crippen molar-refractivity contribution in [1.29, 1.82) is 0 Å². The van der Waals surface area contributed by atoms with Gasteiger partial charge in [-0.25, -0.2) is 4.98 Å². The van der Waals surface area contributed by atoms with E-state index in [1.54, 1.807) is 0 Å². The Labute approximate surface area is 116 Å². The Morgan fingerprint density at radius 2 is 2.32 bits per heavy atom. The fourth-order valence-corrected chi connectivity index (χ4v) is 3.20. The standard InChI is InChI=1S/C15H27N3O/c1-4-14-12(7-10-19-14)13(16-5-2)11-15-17-8-9-18(15)6-3/h8-9,12-14,16H,4-7,10-11H2,1-3H3. The number of imidazole rings is 1. The predicted molar refractivity (Wildman–Crippen MR) is 77.2 cm³/mol. The molecule has 1 saturated heterocycles. The van der Waals surface area contributed by atoms with Gasteiger partial charge >= 0.3 is 0 Å². The Balaban J connectivity index is 2.07. The molecule has 4 heteroatoms. The van der Waals surface area contributed by atoms with E-state index in [2.05, 4.69) is 41.8 Å². The van der Waals surface area contributed by atoms with E-state index >= 15 is 0 Å². The maximum atomic E-state index is 5.85. The minimum Gasteiger partial charge on any atom is -0.378 e. The van der Waals surface area contributed by atoms with Crippen LogP contribution in [0.2, 0.25) is 0 Å².